The lowest BCUT2D eigenvalue weighted by atomic mass is 9.97. The molecule has 5 radical (unpaired) electrons. The molecule has 0 bridgehead atoms. The van der Waals surface area contributed by atoms with E-state index < -0.39 is 10.0 Å². The summed E-state index contributed by atoms with van der Waals surface area (Å²) in [6.45, 7) is 1.25. The Morgan fingerprint density at radius 2 is 1.69 bits per heavy atom. The lowest BCUT2D eigenvalue weighted by Crippen LogP contribution is -2.46. The number of halogens is 2. The molecular weight excluding hydrogens is 469 g/mol. The summed E-state index contributed by atoms with van der Waals surface area (Å²) in [5.41, 5.74) is 0. The van der Waals surface area contributed by atoms with Crippen molar-refractivity contribution >= 4 is 39.3 Å². The summed E-state index contributed by atoms with van der Waals surface area (Å²) in [6, 6.07) is 5.34. The van der Waals surface area contributed by atoms with Crippen molar-refractivity contribution < 1.29 is 13.2 Å². The fourth-order valence-electron chi connectivity index (χ4n) is 4.13. The molecule has 1 heterocycles. The van der Waals surface area contributed by atoms with Gasteiger partial charge >= 0.3 is 6.03 Å². The number of urea groups is 1. The summed E-state index contributed by atoms with van der Waals surface area (Å²) in [6.07, 6.45) is 9.48. The van der Waals surface area contributed by atoms with Crippen molar-refractivity contribution in [1.82, 2.24) is 14.9 Å². The number of nitrogens with zero attached hydrogens (tertiary/aromatic N) is 1. The summed E-state index contributed by atoms with van der Waals surface area (Å²) in [4.78, 5) is 12.4. The number of piperidine rings is 1. The van der Waals surface area contributed by atoms with Crippen LogP contribution < -0.4 is 10.6 Å². The molecule has 32 heavy (non-hydrogen) atoms. The molecule has 2 N–H and O–H groups in total. The Morgan fingerprint density at radius 3 is 2.34 bits per heavy atom. The average molecular weight is 504 g/mol. The third-order valence-corrected chi connectivity index (χ3v) is 8.38. The molecule has 9 heteroatoms. The number of sulfonamides is 1. The minimum Gasteiger partial charge on any atom is -0.338 e. The number of benzene rings is 1. The molecule has 1 aromatic carbocycles. The lowest BCUT2D eigenvalue weighted by molar-refractivity contribution is 0.229. The predicted molar refractivity (Wildman–Crippen MR) is 131 cm³/mol. The van der Waals surface area contributed by atoms with Crippen LogP contribution in [-0.2, 0) is 10.0 Å². The first-order valence-corrected chi connectivity index (χ1v) is 12.9. The molecule has 1 aromatic rings. The zero-order valence-corrected chi connectivity index (χ0v) is 20.9. The Morgan fingerprint density at radius 1 is 1.03 bits per heavy atom. The highest BCUT2D eigenvalue weighted by atomic mass is 35.5. The van der Waals surface area contributed by atoms with Gasteiger partial charge in [0.15, 0.2) is 0 Å². The van der Waals surface area contributed by atoms with Crippen LogP contribution in [-0.4, -0.2) is 38.4 Å². The minimum absolute atomic E-state index is 0. The van der Waals surface area contributed by atoms with E-state index >= 15 is 0 Å². The maximum atomic E-state index is 13.0. The molecular formula is C23H34Cl2N3O3S. The number of hydrogen-bond acceptors (Lipinski definition) is 3. The van der Waals surface area contributed by atoms with Crippen molar-refractivity contribution in [1.29, 1.82) is 0 Å². The molecule has 1 atom stereocenters. The molecule has 6 nitrogen and oxygen atoms in total. The Kier molecular flexibility index (Phi) is 12.4. The second-order valence-electron chi connectivity index (χ2n) is 8.15. The van der Waals surface area contributed by atoms with Gasteiger partial charge in [-0.05, 0) is 49.8 Å². The van der Waals surface area contributed by atoms with Crippen LogP contribution in [0.5, 0.6) is 0 Å². The van der Waals surface area contributed by atoms with Crippen molar-refractivity contribution in [2.45, 2.75) is 62.7 Å². The molecule has 0 spiro atoms. The van der Waals surface area contributed by atoms with E-state index in [1.807, 2.05) is 0 Å². The molecule has 0 aromatic heterocycles. The first-order valence-electron chi connectivity index (χ1n) is 10.7. The molecule has 179 valence electrons. The van der Waals surface area contributed by atoms with Crippen molar-refractivity contribution in [3.63, 3.8) is 0 Å². The zero-order valence-electron chi connectivity index (χ0n) is 18.5. The number of carbonyl (C=O) groups is 1. The van der Waals surface area contributed by atoms with Crippen LogP contribution in [0, 0.1) is 26.8 Å². The first-order chi connectivity index (χ1) is 14.4. The number of nitrogens with one attached hydrogen (secondary N) is 2. The maximum Gasteiger partial charge on any atom is 0.315 e. The molecule has 2 aliphatic rings. The van der Waals surface area contributed by atoms with E-state index in [-0.39, 0.29) is 36.7 Å². The van der Waals surface area contributed by atoms with Crippen molar-refractivity contribution in [3.05, 3.63) is 49.1 Å². The summed E-state index contributed by atoms with van der Waals surface area (Å²) in [5, 5.41) is 6.46. The van der Waals surface area contributed by atoms with E-state index in [0.717, 1.165) is 44.6 Å². The molecule has 1 unspecified atom stereocenters. The second kappa shape index (κ2) is 13.6. The summed E-state index contributed by atoms with van der Waals surface area (Å²) < 4.78 is 27.5. The van der Waals surface area contributed by atoms with E-state index in [1.165, 1.54) is 41.8 Å². The van der Waals surface area contributed by atoms with Gasteiger partial charge in [-0.3, -0.25) is 0 Å². The van der Waals surface area contributed by atoms with Crippen LogP contribution in [0.2, 0.25) is 10.0 Å². The number of amides is 2. The fourth-order valence-corrected chi connectivity index (χ4v) is 6.44. The third-order valence-electron chi connectivity index (χ3n) is 5.79. The molecule has 1 saturated carbocycles. The molecule has 1 aliphatic carbocycles. The molecule has 1 aliphatic heterocycles. The Bertz CT molecular complexity index is 828. The van der Waals surface area contributed by atoms with Crippen molar-refractivity contribution in [2.75, 3.05) is 19.6 Å². The summed E-state index contributed by atoms with van der Waals surface area (Å²) in [7, 11) is -3.70. The monoisotopic (exact) mass is 502 g/mol. The quantitative estimate of drug-likeness (QED) is 0.547. The van der Waals surface area contributed by atoms with Gasteiger partial charge in [0.1, 0.15) is 4.90 Å². The topological polar surface area (TPSA) is 78.5 Å². The molecule has 2 amide bonds. The molecule has 2 fully saturated rings. The van der Waals surface area contributed by atoms with Crippen molar-refractivity contribution in [3.8, 4) is 0 Å². The van der Waals surface area contributed by atoms with Gasteiger partial charge in [-0.2, -0.15) is 4.31 Å². The van der Waals surface area contributed by atoms with Crippen molar-refractivity contribution in [2.24, 2.45) is 5.92 Å². The minimum atomic E-state index is -3.70. The van der Waals surface area contributed by atoms with E-state index in [4.69, 9.17) is 23.2 Å². The van der Waals surface area contributed by atoms with Gasteiger partial charge in [0.2, 0.25) is 10.0 Å². The van der Waals surface area contributed by atoms with E-state index in [9.17, 15) is 13.2 Å². The van der Waals surface area contributed by atoms with Crippen LogP contribution in [0.25, 0.3) is 0 Å². The van der Waals surface area contributed by atoms with Crippen LogP contribution >= 0.6 is 23.2 Å². The number of carbonyl (C=O) groups excluding carboxylic acids is 1. The van der Waals surface area contributed by atoms with Gasteiger partial charge in [0, 0.05) is 24.7 Å². The highest BCUT2D eigenvalue weighted by Crippen LogP contribution is 2.30. The van der Waals surface area contributed by atoms with E-state index in [2.05, 4.69) is 10.6 Å². The van der Waals surface area contributed by atoms with E-state index in [0.29, 0.717) is 24.7 Å². The van der Waals surface area contributed by atoms with Gasteiger partial charge < -0.3 is 10.6 Å². The first kappa shape index (κ1) is 29.0. The van der Waals surface area contributed by atoms with Crippen LogP contribution in [0.4, 0.5) is 4.79 Å². The van der Waals surface area contributed by atoms with Gasteiger partial charge in [-0.1, -0.05) is 70.2 Å². The molecule has 3 rings (SSSR count). The maximum absolute atomic E-state index is 13.0. The van der Waals surface area contributed by atoms with Crippen LogP contribution in [0.15, 0.2) is 23.1 Å². The van der Waals surface area contributed by atoms with Crippen LogP contribution in [0.1, 0.15) is 57.8 Å². The molecule has 1 saturated heterocycles. The Labute approximate surface area is 204 Å². The average Bonchev–Trinajstić information content (AvgIpc) is 2.68. The van der Waals surface area contributed by atoms with Crippen LogP contribution in [0.3, 0.4) is 0 Å². The number of hydrogen-bond donors (Lipinski definition) is 2. The SMILES string of the molecule is O=C(NCC1CCCN(S(=O)(=O)c2ccc(Cl)cc2Cl)C1)N[C]1CCCCCCC1.[CH2].[CH2]. The van der Waals surface area contributed by atoms with Gasteiger partial charge in [0.25, 0.3) is 0 Å². The van der Waals surface area contributed by atoms with E-state index in [1.54, 1.807) is 0 Å². The largest absolute Gasteiger partial charge is 0.338 e. The number of rotatable bonds is 5. The fraction of sp³-hybridized carbons (Fsp3) is 0.565. The lowest BCUT2D eigenvalue weighted by Gasteiger charge is -2.32. The smallest absolute Gasteiger partial charge is 0.315 e. The predicted octanol–water partition coefficient (Wildman–Crippen LogP) is 5.62. The summed E-state index contributed by atoms with van der Waals surface area (Å²) >= 11 is 12.0. The van der Waals surface area contributed by atoms with Gasteiger partial charge in [-0.25, -0.2) is 13.2 Å². The zero-order chi connectivity index (χ0) is 21.6. The third kappa shape index (κ3) is 8.08. The Hall–Kier alpha value is -1.02. The highest BCUT2D eigenvalue weighted by molar-refractivity contribution is 7.89. The highest BCUT2D eigenvalue weighted by Gasteiger charge is 2.32. The van der Waals surface area contributed by atoms with Gasteiger partial charge in [-0.15, -0.1) is 0 Å². The Balaban J connectivity index is 0.00000256. The van der Waals surface area contributed by atoms with Gasteiger partial charge in [0.05, 0.1) is 11.1 Å². The summed E-state index contributed by atoms with van der Waals surface area (Å²) in [5.74, 6) is 0.0627. The second-order valence-corrected chi connectivity index (χ2v) is 10.9. The standard InChI is InChI=1S/C21H30Cl2N3O3S.2CH2/c22-17-10-11-20(19(23)13-17)30(28,29)26-12-6-7-16(15-26)14-24-21(27)25-18-8-4-2-1-3-5-9-18;;/h10-11,13,16H,1-9,12,14-15H2,(H2,24,25,27);2*1H2. The normalized spacial score (nSPS) is 20.8.